The molecule has 0 spiro atoms. The first-order valence-corrected chi connectivity index (χ1v) is 10.2. The maximum Gasteiger partial charge on any atom is 0.162 e. The second kappa shape index (κ2) is 6.53. The minimum atomic E-state index is -0.456. The van der Waals surface area contributed by atoms with E-state index >= 15 is 0 Å². The quantitative estimate of drug-likeness (QED) is 0.739. The molecule has 0 amide bonds. The topological polar surface area (TPSA) is 43.9 Å². The normalized spacial score (nSPS) is 30.7. The summed E-state index contributed by atoms with van der Waals surface area (Å²) in [5.74, 6) is 0. The van der Waals surface area contributed by atoms with Crippen molar-refractivity contribution in [2.75, 3.05) is 24.7 Å². The maximum absolute atomic E-state index is 6.25. The molecule has 6 nitrogen and oxygen atoms in total. The van der Waals surface area contributed by atoms with Crippen molar-refractivity contribution in [1.29, 1.82) is 0 Å². The molecule has 3 unspecified atom stereocenters. The number of ether oxygens (including phenoxy) is 1. The third kappa shape index (κ3) is 2.64. The van der Waals surface area contributed by atoms with E-state index in [1.807, 2.05) is 16.3 Å². The van der Waals surface area contributed by atoms with Gasteiger partial charge in [-0.25, -0.2) is 5.43 Å². The molecule has 1 N–H and O–H groups in total. The first kappa shape index (κ1) is 17.6. The molecule has 1 aromatic carbocycles. The lowest BCUT2D eigenvalue weighted by Crippen LogP contribution is -2.57. The van der Waals surface area contributed by atoms with Gasteiger partial charge < -0.3 is 9.64 Å². The summed E-state index contributed by atoms with van der Waals surface area (Å²) in [6, 6.07) is 13.3. The number of nitrogens with zero attached hydrogens (tertiary/aromatic N) is 4. The summed E-state index contributed by atoms with van der Waals surface area (Å²) >= 11 is 3.66. The Morgan fingerprint density at radius 3 is 3.00 bits per heavy atom. The van der Waals surface area contributed by atoms with Crippen molar-refractivity contribution >= 4 is 21.8 Å². The number of fused-ring (bicyclic) bond motifs is 5. The molecule has 3 atom stereocenters. The number of halogens is 1. The fourth-order valence-corrected chi connectivity index (χ4v) is 5.02. The molecule has 0 saturated carbocycles. The van der Waals surface area contributed by atoms with Gasteiger partial charge >= 0.3 is 0 Å². The lowest BCUT2D eigenvalue weighted by molar-refractivity contribution is 0.0183. The molecule has 4 heterocycles. The van der Waals surface area contributed by atoms with Crippen LogP contribution < -0.4 is 10.3 Å². The van der Waals surface area contributed by atoms with Crippen LogP contribution in [0.2, 0.25) is 0 Å². The van der Waals surface area contributed by atoms with Crippen molar-refractivity contribution in [2.24, 2.45) is 0 Å². The molecule has 27 heavy (non-hydrogen) atoms. The molecule has 1 aromatic heterocycles. The number of hydrogen-bond donors (Lipinski definition) is 1. The number of aromatic nitrogens is 1. The van der Waals surface area contributed by atoms with Crippen molar-refractivity contribution in [3.05, 3.63) is 59.4 Å². The van der Waals surface area contributed by atoms with Gasteiger partial charge in [0.1, 0.15) is 6.23 Å². The van der Waals surface area contributed by atoms with Gasteiger partial charge in [-0.15, -0.1) is 0 Å². The van der Waals surface area contributed by atoms with E-state index in [1.54, 1.807) is 0 Å². The minimum absolute atomic E-state index is 0.0160. The Bertz CT molecular complexity index is 850. The van der Waals surface area contributed by atoms with Crippen LogP contribution in [0, 0.1) is 0 Å². The van der Waals surface area contributed by atoms with Gasteiger partial charge in [-0.2, -0.15) is 4.03 Å². The zero-order valence-corrected chi connectivity index (χ0v) is 17.2. The van der Waals surface area contributed by atoms with Crippen molar-refractivity contribution in [3.63, 3.8) is 0 Å². The van der Waals surface area contributed by atoms with Crippen LogP contribution >= 0.6 is 16.1 Å². The molecule has 3 aliphatic heterocycles. The molecule has 7 heteroatoms. The number of anilines is 1. The van der Waals surface area contributed by atoms with E-state index in [4.69, 9.17) is 9.72 Å². The second-order valence-electron chi connectivity index (χ2n) is 7.57. The van der Waals surface area contributed by atoms with Crippen LogP contribution in [0.25, 0.3) is 0 Å². The minimum Gasteiger partial charge on any atom is -0.357 e. The number of rotatable bonds is 2. The number of nitrogens with one attached hydrogen (secondary N) is 1. The molecule has 2 aromatic rings. The van der Waals surface area contributed by atoms with Gasteiger partial charge in [0, 0.05) is 46.2 Å². The predicted molar refractivity (Wildman–Crippen MR) is 108 cm³/mol. The van der Waals surface area contributed by atoms with Crippen LogP contribution in [-0.4, -0.2) is 39.8 Å². The third-order valence-electron chi connectivity index (χ3n) is 5.96. The van der Waals surface area contributed by atoms with Crippen LogP contribution in [0.5, 0.6) is 0 Å². The standard InChI is InChI=1S/C20H24BrN5O/c1-3-15-7-8-16-17(10-15)25-13-26(21)23-20(25,18-6-4-5-9-22-18)12-24-14(2)11-27-19(16)24/h4-10,14,19,23H,3,11-13H2,1-2H3. The summed E-state index contributed by atoms with van der Waals surface area (Å²) in [6.45, 7) is 6.68. The van der Waals surface area contributed by atoms with E-state index in [9.17, 15) is 0 Å². The van der Waals surface area contributed by atoms with Crippen molar-refractivity contribution in [3.8, 4) is 0 Å². The monoisotopic (exact) mass is 429 g/mol. The predicted octanol–water partition coefficient (Wildman–Crippen LogP) is 3.12. The average Bonchev–Trinajstić information content (AvgIpc) is 3.19. The molecular formula is C20H24BrN5O. The smallest absolute Gasteiger partial charge is 0.162 e. The number of pyridine rings is 1. The van der Waals surface area contributed by atoms with Crippen LogP contribution in [0.15, 0.2) is 42.6 Å². The highest BCUT2D eigenvalue weighted by atomic mass is 79.9. The van der Waals surface area contributed by atoms with E-state index in [2.05, 4.69) is 75.6 Å². The second-order valence-corrected chi connectivity index (χ2v) is 8.43. The van der Waals surface area contributed by atoms with E-state index in [0.29, 0.717) is 12.7 Å². The molecule has 3 aliphatic rings. The lowest BCUT2D eigenvalue weighted by Gasteiger charge is -2.39. The summed E-state index contributed by atoms with van der Waals surface area (Å²) in [5.41, 5.74) is 7.99. The highest BCUT2D eigenvalue weighted by Gasteiger charge is 2.54. The molecule has 2 fully saturated rings. The fraction of sp³-hybridized carbons (Fsp3) is 0.450. The molecular weight excluding hydrogens is 406 g/mol. The molecule has 0 bridgehead atoms. The van der Waals surface area contributed by atoms with E-state index in [1.165, 1.54) is 16.8 Å². The van der Waals surface area contributed by atoms with E-state index in [0.717, 1.165) is 25.3 Å². The van der Waals surface area contributed by atoms with Crippen molar-refractivity contribution in [1.82, 2.24) is 19.3 Å². The molecule has 0 radical (unpaired) electrons. The third-order valence-corrected chi connectivity index (χ3v) is 6.36. The van der Waals surface area contributed by atoms with Crippen LogP contribution in [-0.2, 0) is 16.8 Å². The molecule has 2 saturated heterocycles. The SMILES string of the molecule is CCc1ccc2c(c1)N1CN(Br)NC1(c1ccccn1)CN1C(C)COC21. The Morgan fingerprint density at radius 1 is 1.33 bits per heavy atom. The van der Waals surface area contributed by atoms with Gasteiger partial charge in [-0.1, -0.05) is 25.1 Å². The largest absolute Gasteiger partial charge is 0.357 e. The Balaban J connectivity index is 1.75. The van der Waals surface area contributed by atoms with Crippen LogP contribution in [0.1, 0.15) is 36.9 Å². The summed E-state index contributed by atoms with van der Waals surface area (Å²) in [7, 11) is 0. The van der Waals surface area contributed by atoms with Gasteiger partial charge in [-0.05, 0) is 37.1 Å². The number of benzene rings is 1. The van der Waals surface area contributed by atoms with Gasteiger partial charge in [-0.3, -0.25) is 9.88 Å². The Kier molecular flexibility index (Phi) is 4.25. The van der Waals surface area contributed by atoms with Gasteiger partial charge in [0.25, 0.3) is 0 Å². The average molecular weight is 430 g/mol. The Hall–Kier alpha value is -1.51. The first-order valence-electron chi connectivity index (χ1n) is 9.53. The summed E-state index contributed by atoms with van der Waals surface area (Å²) in [5, 5.41) is 0. The van der Waals surface area contributed by atoms with Gasteiger partial charge in [0.15, 0.2) is 5.66 Å². The van der Waals surface area contributed by atoms with E-state index < -0.39 is 5.66 Å². The zero-order valence-electron chi connectivity index (χ0n) is 15.6. The van der Waals surface area contributed by atoms with Gasteiger partial charge in [0.05, 0.1) is 19.0 Å². The highest BCUT2D eigenvalue weighted by Crippen LogP contribution is 2.47. The highest BCUT2D eigenvalue weighted by molar-refractivity contribution is 9.07. The molecule has 142 valence electrons. The van der Waals surface area contributed by atoms with Gasteiger partial charge in [0.2, 0.25) is 0 Å². The Labute approximate surface area is 168 Å². The first-order chi connectivity index (χ1) is 13.1. The number of aryl methyl sites for hydroxylation is 1. The summed E-state index contributed by atoms with van der Waals surface area (Å²) in [6.07, 6.45) is 2.86. The number of hydrazine groups is 1. The maximum atomic E-state index is 6.25. The fourth-order valence-electron chi connectivity index (χ4n) is 4.50. The summed E-state index contributed by atoms with van der Waals surface area (Å²) < 4.78 is 8.23. The van der Waals surface area contributed by atoms with Crippen LogP contribution in [0.3, 0.4) is 0 Å². The molecule has 0 aliphatic carbocycles. The summed E-state index contributed by atoms with van der Waals surface area (Å²) in [4.78, 5) is 9.63. The van der Waals surface area contributed by atoms with Crippen LogP contribution in [0.4, 0.5) is 5.69 Å². The Morgan fingerprint density at radius 2 is 2.22 bits per heavy atom. The van der Waals surface area contributed by atoms with Crippen molar-refractivity contribution in [2.45, 2.75) is 38.2 Å². The van der Waals surface area contributed by atoms with Crippen molar-refractivity contribution < 1.29 is 4.74 Å². The molecule has 5 rings (SSSR count). The number of hydrogen-bond acceptors (Lipinski definition) is 6. The van der Waals surface area contributed by atoms with E-state index in [-0.39, 0.29) is 6.23 Å². The zero-order chi connectivity index (χ0) is 18.6. The lowest BCUT2D eigenvalue weighted by atomic mass is 10.0.